The summed E-state index contributed by atoms with van der Waals surface area (Å²) in [4.78, 5) is 28.2. The van der Waals surface area contributed by atoms with E-state index in [1.165, 1.54) is 0 Å². The van der Waals surface area contributed by atoms with Gasteiger partial charge in [0, 0.05) is 6.61 Å². The number of aliphatic hydroxyl groups excluding tert-OH is 12. The first kappa shape index (κ1) is 53.3. The van der Waals surface area contributed by atoms with E-state index in [4.69, 9.17) is 28.4 Å². The van der Waals surface area contributed by atoms with Gasteiger partial charge in [-0.25, -0.2) is 0 Å². The molecule has 5 aliphatic carbocycles. The first-order valence-corrected chi connectivity index (χ1v) is 24.7. The molecule has 0 radical (unpaired) electrons. The number of rotatable bonds is 11. The van der Waals surface area contributed by atoms with Crippen molar-refractivity contribution in [2.75, 3.05) is 26.4 Å². The molecule has 21 heteroatoms. The number of carboxylic acids is 1. The van der Waals surface area contributed by atoms with Crippen LogP contribution in [0.25, 0.3) is 0 Å². The predicted octanol–water partition coefficient (Wildman–Crippen LogP) is -1.82. The van der Waals surface area contributed by atoms with Crippen LogP contribution in [0, 0.1) is 50.2 Å². The highest BCUT2D eigenvalue weighted by atomic mass is 16.8. The summed E-state index contributed by atoms with van der Waals surface area (Å²) in [5.74, 6) is -2.42. The van der Waals surface area contributed by atoms with Crippen molar-refractivity contribution in [3.8, 4) is 0 Å². The van der Waals surface area contributed by atoms with Crippen molar-refractivity contribution >= 4 is 11.9 Å². The summed E-state index contributed by atoms with van der Waals surface area (Å²) < 4.78 is 34.9. The zero-order valence-electron chi connectivity index (χ0n) is 40.0. The SMILES string of the molecule is CC1(CO)CCC2(C(=O)OC3OC(COC4OC(CO)C(O)C(O)C4O)C(O)C(OC4OC(CO)C(O)C(O)C4O)C3O)CCC3(C)C(=CCC4C5(C)CCC(O)C(C)(C(=O)O)C5CCC43C)C2C1. The molecule has 0 amide bonds. The molecule has 0 spiro atoms. The topological polar surface area (TPSA) is 353 Å². The van der Waals surface area contributed by atoms with Crippen LogP contribution in [0.2, 0.25) is 0 Å². The van der Waals surface area contributed by atoms with Crippen molar-refractivity contribution in [2.45, 2.75) is 197 Å². The van der Waals surface area contributed by atoms with Crippen LogP contribution in [-0.4, -0.2) is 203 Å². The molecule has 0 aromatic rings. The van der Waals surface area contributed by atoms with Crippen molar-refractivity contribution < 1.29 is 104 Å². The molecule has 394 valence electrons. The van der Waals surface area contributed by atoms with Gasteiger partial charge in [0.1, 0.15) is 73.2 Å². The maximum absolute atomic E-state index is 15.3. The van der Waals surface area contributed by atoms with Crippen LogP contribution in [0.3, 0.4) is 0 Å². The Kier molecular flexibility index (Phi) is 14.7. The van der Waals surface area contributed by atoms with E-state index in [2.05, 4.69) is 26.8 Å². The second-order valence-corrected chi connectivity index (χ2v) is 23.1. The lowest BCUT2D eigenvalue weighted by Crippen LogP contribution is -2.67. The van der Waals surface area contributed by atoms with Crippen LogP contribution < -0.4 is 0 Å². The molecule has 13 N–H and O–H groups in total. The highest BCUT2D eigenvalue weighted by molar-refractivity contribution is 5.79. The van der Waals surface area contributed by atoms with Gasteiger partial charge in [0.25, 0.3) is 0 Å². The average Bonchev–Trinajstić information content (AvgIpc) is 3.32. The summed E-state index contributed by atoms with van der Waals surface area (Å²) in [6, 6.07) is 0. The Hall–Kier alpha value is -2.00. The lowest BCUT2D eigenvalue weighted by Gasteiger charge is -2.71. The van der Waals surface area contributed by atoms with Crippen molar-refractivity contribution in [2.24, 2.45) is 50.2 Å². The molecule has 8 rings (SSSR count). The maximum atomic E-state index is 15.3. The Labute approximate surface area is 400 Å². The Morgan fingerprint density at radius 2 is 1.25 bits per heavy atom. The number of allylic oxidation sites excluding steroid dienone is 2. The number of aliphatic carboxylic acids is 1. The number of aliphatic hydroxyl groups is 12. The van der Waals surface area contributed by atoms with Crippen LogP contribution in [0.5, 0.6) is 0 Å². The minimum Gasteiger partial charge on any atom is -0.481 e. The third kappa shape index (κ3) is 8.25. The van der Waals surface area contributed by atoms with E-state index in [0.717, 1.165) is 5.57 Å². The molecule has 0 aromatic heterocycles. The van der Waals surface area contributed by atoms with Crippen LogP contribution in [-0.2, 0) is 38.0 Å². The standard InChI is InChI=1S/C48H76O21/c1-43(20-51)12-14-48(15-13-45(3)21(22(48)16-43)6-7-26-44(2)10-9-28(52)47(5,41(61)62)27(44)8-11-46(26,45)4)42(63)69-40-36(60)37(68-39-35(59)33(57)30(54)24(18-50)66-39)31(55)25(67-40)19-64-38-34(58)32(56)29(53)23(17-49)65-38/h6,22-40,49-60H,7-20H2,1-5H3,(H,61,62). The Morgan fingerprint density at radius 3 is 1.86 bits per heavy atom. The third-order valence-corrected chi connectivity index (χ3v) is 19.7. The first-order valence-electron chi connectivity index (χ1n) is 24.7. The second-order valence-electron chi connectivity index (χ2n) is 23.1. The number of hydrogen-bond acceptors (Lipinski definition) is 20. The molecule has 8 aliphatic rings. The van der Waals surface area contributed by atoms with E-state index >= 15 is 4.79 Å². The normalized spacial score (nSPS) is 54.2. The highest BCUT2D eigenvalue weighted by Crippen LogP contribution is 2.76. The molecule has 3 heterocycles. The van der Waals surface area contributed by atoms with Crippen LogP contribution in [0.4, 0.5) is 0 Å². The largest absolute Gasteiger partial charge is 0.481 e. The molecular formula is C48H76O21. The molecule has 4 saturated carbocycles. The van der Waals surface area contributed by atoms with Gasteiger partial charge in [-0.1, -0.05) is 39.3 Å². The zero-order chi connectivity index (χ0) is 50.6. The smallest absolute Gasteiger partial charge is 0.315 e. The quantitative estimate of drug-likeness (QED) is 0.0800. The Morgan fingerprint density at radius 1 is 0.652 bits per heavy atom. The number of hydrogen-bond donors (Lipinski definition) is 13. The maximum Gasteiger partial charge on any atom is 0.315 e. The molecule has 69 heavy (non-hydrogen) atoms. The van der Waals surface area contributed by atoms with E-state index in [0.29, 0.717) is 57.8 Å². The van der Waals surface area contributed by atoms with Crippen molar-refractivity contribution in [3.63, 3.8) is 0 Å². The summed E-state index contributed by atoms with van der Waals surface area (Å²) >= 11 is 0. The van der Waals surface area contributed by atoms with E-state index in [1.807, 2.05) is 6.92 Å². The van der Waals surface area contributed by atoms with Gasteiger partial charge in [-0.15, -0.1) is 0 Å². The fourth-order valence-corrected chi connectivity index (χ4v) is 14.9. The number of fused-ring (bicyclic) bond motifs is 7. The van der Waals surface area contributed by atoms with E-state index in [1.54, 1.807) is 6.92 Å². The second kappa shape index (κ2) is 19.0. The molecule has 0 aromatic carbocycles. The van der Waals surface area contributed by atoms with Crippen molar-refractivity contribution in [3.05, 3.63) is 11.6 Å². The zero-order valence-corrected chi connectivity index (χ0v) is 40.0. The Balaban J connectivity index is 1.10. The van der Waals surface area contributed by atoms with Gasteiger partial charge in [-0.3, -0.25) is 9.59 Å². The lowest BCUT2D eigenvalue weighted by molar-refractivity contribution is -0.363. The summed E-state index contributed by atoms with van der Waals surface area (Å²) in [6.45, 7) is 7.92. The van der Waals surface area contributed by atoms with Crippen molar-refractivity contribution in [1.82, 2.24) is 0 Å². The van der Waals surface area contributed by atoms with Crippen molar-refractivity contribution in [1.29, 1.82) is 0 Å². The van der Waals surface area contributed by atoms with Gasteiger partial charge < -0.3 is 94.8 Å². The predicted molar refractivity (Wildman–Crippen MR) is 234 cm³/mol. The Bertz CT molecular complexity index is 1920. The monoisotopic (exact) mass is 988 g/mol. The molecule has 3 aliphatic heterocycles. The van der Waals surface area contributed by atoms with Gasteiger partial charge >= 0.3 is 11.9 Å². The summed E-state index contributed by atoms with van der Waals surface area (Å²) in [5.41, 5.74) is -3.31. The van der Waals surface area contributed by atoms with E-state index in [-0.39, 0.29) is 30.3 Å². The molecule has 0 bridgehead atoms. The fourth-order valence-electron chi connectivity index (χ4n) is 14.9. The van der Waals surface area contributed by atoms with E-state index < -0.39 is 163 Å². The summed E-state index contributed by atoms with van der Waals surface area (Å²) in [7, 11) is 0. The number of carbonyl (C=O) groups excluding carboxylic acids is 1. The molecule has 21 nitrogen and oxygen atoms in total. The highest BCUT2D eigenvalue weighted by Gasteiger charge is 2.71. The summed E-state index contributed by atoms with van der Waals surface area (Å²) in [6.07, 6.45) is -20.5. The molecule has 3 saturated heterocycles. The van der Waals surface area contributed by atoms with Crippen LogP contribution in [0.1, 0.15) is 98.8 Å². The summed E-state index contributed by atoms with van der Waals surface area (Å²) in [5, 5.41) is 139. The van der Waals surface area contributed by atoms with Gasteiger partial charge in [0.15, 0.2) is 12.6 Å². The minimum absolute atomic E-state index is 0.0518. The van der Waals surface area contributed by atoms with Gasteiger partial charge in [0.2, 0.25) is 6.29 Å². The van der Waals surface area contributed by atoms with Crippen LogP contribution >= 0.6 is 0 Å². The average molecular weight is 989 g/mol. The number of carboxylic acid groups (broad SMARTS) is 1. The minimum atomic E-state index is -2.02. The molecule has 7 fully saturated rings. The fraction of sp³-hybridized carbons (Fsp3) is 0.917. The number of ether oxygens (including phenoxy) is 6. The third-order valence-electron chi connectivity index (χ3n) is 19.7. The number of carbonyl (C=O) groups is 2. The van der Waals surface area contributed by atoms with E-state index in [9.17, 15) is 71.2 Å². The van der Waals surface area contributed by atoms with Crippen LogP contribution in [0.15, 0.2) is 11.6 Å². The van der Waals surface area contributed by atoms with Gasteiger partial charge in [-0.05, 0) is 111 Å². The molecule has 25 unspecified atom stereocenters. The van der Waals surface area contributed by atoms with Gasteiger partial charge in [-0.2, -0.15) is 0 Å². The lowest BCUT2D eigenvalue weighted by atomic mass is 9.33. The number of esters is 1. The first-order chi connectivity index (χ1) is 32.3. The van der Waals surface area contributed by atoms with Gasteiger partial charge in [0.05, 0.1) is 36.8 Å². The molecular weight excluding hydrogens is 913 g/mol. The molecule has 25 atom stereocenters.